The van der Waals surface area contributed by atoms with Crippen LogP contribution in [0.3, 0.4) is 0 Å². The van der Waals surface area contributed by atoms with Crippen molar-refractivity contribution in [2.24, 2.45) is 5.92 Å². The smallest absolute Gasteiger partial charge is 0.402 e. The van der Waals surface area contributed by atoms with Crippen molar-refractivity contribution in [2.45, 2.75) is 32.5 Å². The lowest BCUT2D eigenvalue weighted by Crippen LogP contribution is -2.38. The third kappa shape index (κ3) is 7.62. The molecule has 0 saturated carbocycles. The highest BCUT2D eigenvalue weighted by molar-refractivity contribution is 5.67. The number of anilines is 1. The van der Waals surface area contributed by atoms with E-state index in [0.29, 0.717) is 25.2 Å². The van der Waals surface area contributed by atoms with Crippen LogP contribution in [0, 0.1) is 5.92 Å². The normalized spacial score (nSPS) is 20.1. The molecule has 184 valence electrons. The summed E-state index contributed by atoms with van der Waals surface area (Å²) in [4.78, 5) is 8.40. The van der Waals surface area contributed by atoms with Crippen molar-refractivity contribution in [3.05, 3.63) is 36.3 Å². The van der Waals surface area contributed by atoms with Crippen LogP contribution in [0.15, 0.2) is 30.7 Å². The van der Waals surface area contributed by atoms with Gasteiger partial charge in [0.1, 0.15) is 0 Å². The molecule has 33 heavy (non-hydrogen) atoms. The molecule has 7 nitrogen and oxygen atoms in total. The van der Waals surface area contributed by atoms with Gasteiger partial charge in [0, 0.05) is 62.4 Å². The highest BCUT2D eigenvalue weighted by Crippen LogP contribution is 2.32. The zero-order valence-corrected chi connectivity index (χ0v) is 19.1. The van der Waals surface area contributed by atoms with Crippen molar-refractivity contribution in [1.29, 1.82) is 0 Å². The van der Waals surface area contributed by atoms with Crippen LogP contribution in [0.4, 0.5) is 19.0 Å². The Bertz CT molecular complexity index is 820. The van der Waals surface area contributed by atoms with Gasteiger partial charge in [-0.1, -0.05) is 13.5 Å². The number of rotatable bonds is 10. The van der Waals surface area contributed by atoms with Gasteiger partial charge in [-0.3, -0.25) is 4.90 Å². The van der Waals surface area contributed by atoms with Crippen molar-refractivity contribution in [3.63, 3.8) is 0 Å². The van der Waals surface area contributed by atoms with Crippen LogP contribution >= 0.6 is 0 Å². The number of nitrogens with zero attached hydrogens (tertiary/aromatic N) is 3. The molecule has 0 amide bonds. The molecule has 2 fully saturated rings. The van der Waals surface area contributed by atoms with E-state index in [4.69, 9.17) is 15.2 Å². The second kappa shape index (κ2) is 11.7. The summed E-state index contributed by atoms with van der Waals surface area (Å²) in [5.41, 5.74) is 7.90. The zero-order chi connectivity index (χ0) is 23.8. The molecule has 10 heteroatoms. The first-order valence-electron chi connectivity index (χ1n) is 11.3. The Balaban J connectivity index is 1.78. The van der Waals surface area contributed by atoms with Crippen LogP contribution < -0.4 is 10.5 Å². The summed E-state index contributed by atoms with van der Waals surface area (Å²) in [6.07, 6.45) is 1.01. The predicted octanol–water partition coefficient (Wildman–Crippen LogP) is 3.89. The Morgan fingerprint density at radius 1 is 1.33 bits per heavy atom. The Labute approximate surface area is 193 Å². The number of halogens is 3. The number of hydrogen-bond acceptors (Lipinski definition) is 7. The van der Waals surface area contributed by atoms with Gasteiger partial charge >= 0.3 is 6.36 Å². The Morgan fingerprint density at radius 3 is 2.73 bits per heavy atom. The van der Waals surface area contributed by atoms with E-state index in [9.17, 15) is 13.2 Å². The van der Waals surface area contributed by atoms with Crippen LogP contribution in [0.25, 0.3) is 5.57 Å². The zero-order valence-electron chi connectivity index (χ0n) is 19.1. The number of pyridine rings is 1. The van der Waals surface area contributed by atoms with Crippen LogP contribution in [-0.4, -0.2) is 73.8 Å². The lowest BCUT2D eigenvalue weighted by Gasteiger charge is -2.30. The molecule has 3 rings (SSSR count). The molecule has 2 aliphatic heterocycles. The summed E-state index contributed by atoms with van der Waals surface area (Å²) in [5.74, 6) is -0.584. The van der Waals surface area contributed by atoms with E-state index in [1.165, 1.54) is 12.3 Å². The Hall–Kier alpha value is -2.30. The van der Waals surface area contributed by atoms with E-state index in [-0.39, 0.29) is 11.7 Å². The Kier molecular flexibility index (Phi) is 8.99. The average molecular weight is 471 g/mol. The van der Waals surface area contributed by atoms with E-state index < -0.39 is 12.1 Å². The molecule has 0 bridgehead atoms. The summed E-state index contributed by atoms with van der Waals surface area (Å²) in [5, 5.41) is 0. The van der Waals surface area contributed by atoms with Gasteiger partial charge in [0.2, 0.25) is 0 Å². The molecular weight excluding hydrogens is 437 g/mol. The van der Waals surface area contributed by atoms with Gasteiger partial charge in [0.05, 0.1) is 19.8 Å². The lowest BCUT2D eigenvalue weighted by molar-refractivity contribution is -0.274. The molecule has 0 radical (unpaired) electrons. The summed E-state index contributed by atoms with van der Waals surface area (Å²) in [6, 6.07) is 1.29. The minimum atomic E-state index is -4.84. The van der Waals surface area contributed by atoms with E-state index in [0.717, 1.165) is 63.5 Å². The topological polar surface area (TPSA) is 73.1 Å². The van der Waals surface area contributed by atoms with Gasteiger partial charge in [0.25, 0.3) is 0 Å². The number of allylic oxidation sites excluding steroid dienone is 1. The number of morpholine rings is 1. The number of nitrogens with two attached hydrogens (primary N) is 1. The summed E-state index contributed by atoms with van der Waals surface area (Å²) in [7, 11) is 0. The first kappa shape index (κ1) is 25.3. The third-order valence-electron chi connectivity index (χ3n) is 5.92. The van der Waals surface area contributed by atoms with Crippen LogP contribution in [-0.2, 0) is 9.47 Å². The second-order valence-corrected chi connectivity index (χ2v) is 8.22. The van der Waals surface area contributed by atoms with Gasteiger partial charge in [-0.15, -0.1) is 13.2 Å². The van der Waals surface area contributed by atoms with Crippen molar-refractivity contribution in [1.82, 2.24) is 14.8 Å². The number of aromatic nitrogens is 1. The largest absolute Gasteiger partial charge is 0.573 e. The molecule has 0 spiro atoms. The van der Waals surface area contributed by atoms with Gasteiger partial charge < -0.3 is 24.8 Å². The highest BCUT2D eigenvalue weighted by atomic mass is 19.4. The van der Waals surface area contributed by atoms with Crippen molar-refractivity contribution in [3.8, 4) is 5.75 Å². The molecule has 2 saturated heterocycles. The monoisotopic (exact) mass is 470 g/mol. The number of nitrogen functional groups attached to an aromatic ring is 1. The molecule has 1 aromatic rings. The molecule has 0 aliphatic carbocycles. The average Bonchev–Trinajstić information content (AvgIpc) is 3.32. The van der Waals surface area contributed by atoms with E-state index >= 15 is 0 Å². The fraction of sp³-hybridized carbons (Fsp3) is 0.609. The van der Waals surface area contributed by atoms with Gasteiger partial charge in [-0.2, -0.15) is 0 Å². The Morgan fingerprint density at radius 2 is 2.09 bits per heavy atom. The molecule has 1 unspecified atom stereocenters. The summed E-state index contributed by atoms with van der Waals surface area (Å²) >= 11 is 0. The number of ether oxygens (including phenoxy) is 3. The molecule has 2 aliphatic rings. The second-order valence-electron chi connectivity index (χ2n) is 8.22. The maximum atomic E-state index is 12.8. The fourth-order valence-corrected chi connectivity index (χ4v) is 4.01. The van der Waals surface area contributed by atoms with Gasteiger partial charge in [0.15, 0.2) is 11.6 Å². The maximum Gasteiger partial charge on any atom is 0.573 e. The van der Waals surface area contributed by atoms with E-state index in [1.54, 1.807) is 0 Å². The quantitative estimate of drug-likeness (QED) is 0.556. The maximum absolute atomic E-state index is 12.8. The highest BCUT2D eigenvalue weighted by Gasteiger charge is 2.32. The SMILES string of the molecule is C=C(C1CCOC1)N(/C=C(\CC)c1cnc(N)c(OC(F)(F)F)c1)CCCN1CCOCC1. The summed E-state index contributed by atoms with van der Waals surface area (Å²) < 4.78 is 53.3. The third-order valence-corrected chi connectivity index (χ3v) is 5.92. The van der Waals surface area contributed by atoms with Crippen LogP contribution in [0.2, 0.25) is 0 Å². The minimum absolute atomic E-state index is 0.219. The van der Waals surface area contributed by atoms with Crippen LogP contribution in [0.5, 0.6) is 5.75 Å². The predicted molar refractivity (Wildman–Crippen MR) is 120 cm³/mol. The lowest BCUT2D eigenvalue weighted by atomic mass is 10.0. The van der Waals surface area contributed by atoms with E-state index in [2.05, 4.69) is 26.1 Å². The van der Waals surface area contributed by atoms with Crippen molar-refractivity contribution in [2.75, 3.05) is 58.3 Å². The standard InChI is InChI=1S/C23H33F3N4O3/c1-3-18(20-13-21(22(27)28-14-20)33-23(24,25)26)15-30(17(2)19-5-10-32-16-19)7-4-6-29-8-11-31-12-9-29/h13-15,19H,2-12,16H2,1H3,(H2,27,28)/b18-15+. The van der Waals surface area contributed by atoms with Crippen molar-refractivity contribution < 1.29 is 27.4 Å². The first-order chi connectivity index (χ1) is 15.8. The first-order valence-corrected chi connectivity index (χ1v) is 11.3. The fourth-order valence-electron chi connectivity index (χ4n) is 4.01. The van der Waals surface area contributed by atoms with E-state index in [1.807, 2.05) is 13.1 Å². The molecule has 3 heterocycles. The van der Waals surface area contributed by atoms with Gasteiger partial charge in [-0.25, -0.2) is 4.98 Å². The minimum Gasteiger partial charge on any atom is -0.402 e. The molecule has 2 N–H and O–H groups in total. The molecule has 1 atom stereocenters. The molecule has 1 aromatic heterocycles. The molecular formula is C23H33F3N4O3. The van der Waals surface area contributed by atoms with Gasteiger partial charge in [-0.05, 0) is 30.9 Å². The van der Waals surface area contributed by atoms with Crippen LogP contribution in [0.1, 0.15) is 31.7 Å². The summed E-state index contributed by atoms with van der Waals surface area (Å²) in [6.45, 7) is 12.6. The van der Waals surface area contributed by atoms with Crippen molar-refractivity contribution >= 4 is 11.4 Å². The molecule has 0 aromatic carbocycles. The number of hydrogen-bond donors (Lipinski definition) is 1. The number of alkyl halides is 3.